The van der Waals surface area contributed by atoms with Crippen molar-refractivity contribution in [3.8, 4) is 11.8 Å². The maximum absolute atomic E-state index is 10.1. The summed E-state index contributed by atoms with van der Waals surface area (Å²) in [6.45, 7) is 13.5. The summed E-state index contributed by atoms with van der Waals surface area (Å²) in [4.78, 5) is 2.59. The topological polar surface area (TPSA) is 45.5 Å². The monoisotopic (exact) mass is 474 g/mol. The molecule has 4 rings (SSSR count). The first-order valence-corrected chi connectivity index (χ1v) is 13.8. The number of likely N-dealkylation sites (tertiary alicyclic amines) is 1. The standard InChI is InChI=1S/C31H42N2O2/c1-5-23-8-13-27(14-9-23)35-31-15-12-25-10-11-26(20-28(25)29(31)21-32)30(6-2)33-18-16-24(17-19-33)22(4)34-7-3/h10-12,15,20,23-24,27,30H,4-9,13-14,16-19H2,1-3H3/t23-,27+,30?. The first kappa shape index (κ1) is 25.6. The number of piperidine rings is 1. The highest BCUT2D eigenvalue weighted by Crippen LogP contribution is 2.36. The van der Waals surface area contributed by atoms with Gasteiger partial charge in [-0.2, -0.15) is 5.26 Å². The quantitative estimate of drug-likeness (QED) is 0.348. The van der Waals surface area contributed by atoms with Crippen LogP contribution in [0.15, 0.2) is 42.7 Å². The van der Waals surface area contributed by atoms with E-state index in [1.165, 1.54) is 24.8 Å². The lowest BCUT2D eigenvalue weighted by Gasteiger charge is -2.38. The predicted octanol–water partition coefficient (Wildman–Crippen LogP) is 7.77. The molecule has 2 aliphatic rings. The molecule has 1 saturated carbocycles. The van der Waals surface area contributed by atoms with E-state index in [2.05, 4.69) is 55.7 Å². The van der Waals surface area contributed by atoms with E-state index in [-0.39, 0.29) is 6.10 Å². The van der Waals surface area contributed by atoms with Crippen LogP contribution in [-0.4, -0.2) is 30.7 Å². The maximum atomic E-state index is 10.1. The smallest absolute Gasteiger partial charge is 0.138 e. The summed E-state index contributed by atoms with van der Waals surface area (Å²) in [6.07, 6.45) is 9.34. The van der Waals surface area contributed by atoms with Crippen LogP contribution in [0.1, 0.15) is 89.3 Å². The Morgan fingerprint density at radius 3 is 2.40 bits per heavy atom. The molecule has 0 amide bonds. The molecule has 0 aromatic heterocycles. The van der Waals surface area contributed by atoms with E-state index >= 15 is 0 Å². The summed E-state index contributed by atoms with van der Waals surface area (Å²) in [5, 5.41) is 12.2. The van der Waals surface area contributed by atoms with Gasteiger partial charge in [-0.3, -0.25) is 4.90 Å². The molecule has 2 aromatic carbocycles. The van der Waals surface area contributed by atoms with Crippen LogP contribution in [0.4, 0.5) is 0 Å². The molecule has 1 heterocycles. The van der Waals surface area contributed by atoms with Gasteiger partial charge in [-0.25, -0.2) is 0 Å². The molecule has 35 heavy (non-hydrogen) atoms. The Kier molecular flexibility index (Phi) is 8.74. The molecule has 0 radical (unpaired) electrons. The molecule has 4 heteroatoms. The van der Waals surface area contributed by atoms with E-state index in [1.807, 2.05) is 13.0 Å². The predicted molar refractivity (Wildman–Crippen MR) is 143 cm³/mol. The molecular weight excluding hydrogens is 432 g/mol. The fraction of sp³-hybridized carbons (Fsp3) is 0.581. The second-order valence-electron chi connectivity index (χ2n) is 10.3. The van der Waals surface area contributed by atoms with E-state index in [1.54, 1.807) is 0 Å². The number of nitrogens with zero attached hydrogens (tertiary/aromatic N) is 2. The average molecular weight is 475 g/mol. The van der Waals surface area contributed by atoms with E-state index in [0.717, 1.165) is 73.4 Å². The van der Waals surface area contributed by atoms with Crippen molar-refractivity contribution < 1.29 is 9.47 Å². The minimum Gasteiger partial charge on any atom is -0.499 e. The molecule has 0 bridgehead atoms. The molecule has 1 atom stereocenters. The second kappa shape index (κ2) is 12.0. The first-order chi connectivity index (χ1) is 17.1. The van der Waals surface area contributed by atoms with Gasteiger partial charge in [-0.15, -0.1) is 0 Å². The molecule has 1 saturated heterocycles. The minimum atomic E-state index is 0.224. The Bertz CT molecular complexity index is 1040. The molecule has 1 unspecified atom stereocenters. The van der Waals surface area contributed by atoms with E-state index < -0.39 is 0 Å². The number of fused-ring (bicyclic) bond motifs is 1. The summed E-state index contributed by atoms with van der Waals surface area (Å²) in [6, 6.07) is 13.6. The molecule has 2 aromatic rings. The van der Waals surface area contributed by atoms with Gasteiger partial charge in [0.1, 0.15) is 17.4 Å². The third-order valence-corrected chi connectivity index (χ3v) is 8.31. The van der Waals surface area contributed by atoms with Crippen molar-refractivity contribution in [2.75, 3.05) is 19.7 Å². The first-order valence-electron chi connectivity index (χ1n) is 13.8. The average Bonchev–Trinajstić information content (AvgIpc) is 2.90. The highest BCUT2D eigenvalue weighted by molar-refractivity contribution is 5.90. The van der Waals surface area contributed by atoms with Gasteiger partial charge in [0.15, 0.2) is 0 Å². The number of rotatable bonds is 9. The molecule has 2 fully saturated rings. The SMILES string of the molecule is C=C(OCC)C1CCN(C(CC)c2ccc3ccc(O[C@H]4CC[C@@H](CC)CC4)c(C#N)c3c2)CC1. The van der Waals surface area contributed by atoms with Crippen LogP contribution in [0.5, 0.6) is 5.75 Å². The Morgan fingerprint density at radius 1 is 1.06 bits per heavy atom. The maximum Gasteiger partial charge on any atom is 0.138 e. The summed E-state index contributed by atoms with van der Waals surface area (Å²) < 4.78 is 12.1. The van der Waals surface area contributed by atoms with Crippen LogP contribution < -0.4 is 4.74 Å². The van der Waals surface area contributed by atoms with Crippen LogP contribution >= 0.6 is 0 Å². The number of allylic oxidation sites excluding steroid dienone is 1. The fourth-order valence-corrected chi connectivity index (χ4v) is 6.12. The number of hydrogen-bond acceptors (Lipinski definition) is 4. The lowest BCUT2D eigenvalue weighted by atomic mass is 9.86. The third-order valence-electron chi connectivity index (χ3n) is 8.31. The molecule has 1 aliphatic heterocycles. The second-order valence-corrected chi connectivity index (χ2v) is 10.3. The van der Waals surface area contributed by atoms with Crippen molar-refractivity contribution in [1.82, 2.24) is 4.90 Å². The van der Waals surface area contributed by atoms with E-state index in [0.29, 0.717) is 24.1 Å². The van der Waals surface area contributed by atoms with Crippen molar-refractivity contribution in [2.24, 2.45) is 11.8 Å². The van der Waals surface area contributed by atoms with Gasteiger partial charge in [0.05, 0.1) is 18.5 Å². The summed E-state index contributed by atoms with van der Waals surface area (Å²) >= 11 is 0. The van der Waals surface area contributed by atoms with Crippen LogP contribution in [-0.2, 0) is 4.74 Å². The van der Waals surface area contributed by atoms with Crippen LogP contribution in [0, 0.1) is 23.2 Å². The lowest BCUT2D eigenvalue weighted by molar-refractivity contribution is 0.106. The van der Waals surface area contributed by atoms with Crippen molar-refractivity contribution >= 4 is 10.8 Å². The summed E-state index contributed by atoms with van der Waals surface area (Å²) in [7, 11) is 0. The number of benzene rings is 2. The van der Waals surface area contributed by atoms with Gasteiger partial charge in [0.2, 0.25) is 0 Å². The zero-order valence-corrected chi connectivity index (χ0v) is 21.9. The summed E-state index contributed by atoms with van der Waals surface area (Å²) in [5.41, 5.74) is 1.97. The highest BCUT2D eigenvalue weighted by Gasteiger charge is 2.28. The van der Waals surface area contributed by atoms with Gasteiger partial charge >= 0.3 is 0 Å². The van der Waals surface area contributed by atoms with Crippen LogP contribution in [0.2, 0.25) is 0 Å². The van der Waals surface area contributed by atoms with Crippen molar-refractivity contribution in [3.05, 3.63) is 53.8 Å². The molecule has 4 nitrogen and oxygen atoms in total. The van der Waals surface area contributed by atoms with E-state index in [4.69, 9.17) is 9.47 Å². The molecule has 1 aliphatic carbocycles. The van der Waals surface area contributed by atoms with Crippen molar-refractivity contribution in [2.45, 2.75) is 84.3 Å². The zero-order valence-electron chi connectivity index (χ0n) is 21.9. The fourth-order valence-electron chi connectivity index (χ4n) is 6.12. The number of hydrogen-bond donors (Lipinski definition) is 0. The van der Waals surface area contributed by atoms with Gasteiger partial charge < -0.3 is 9.47 Å². The summed E-state index contributed by atoms with van der Waals surface area (Å²) in [5.74, 6) is 2.98. The Morgan fingerprint density at radius 2 is 1.77 bits per heavy atom. The van der Waals surface area contributed by atoms with Crippen LogP contribution in [0.3, 0.4) is 0 Å². The van der Waals surface area contributed by atoms with Crippen molar-refractivity contribution in [1.29, 1.82) is 5.26 Å². The molecular formula is C31H42N2O2. The van der Waals surface area contributed by atoms with Gasteiger partial charge in [0, 0.05) is 17.3 Å². The number of ether oxygens (including phenoxy) is 2. The molecule has 188 valence electrons. The third kappa shape index (κ3) is 5.84. The Labute approximate surface area is 211 Å². The van der Waals surface area contributed by atoms with Gasteiger partial charge in [-0.1, -0.05) is 45.0 Å². The number of nitriles is 1. The molecule has 0 N–H and O–H groups in total. The highest BCUT2D eigenvalue weighted by atomic mass is 16.5. The van der Waals surface area contributed by atoms with Gasteiger partial charge in [-0.05, 0) is 94.0 Å². The van der Waals surface area contributed by atoms with Crippen LogP contribution in [0.25, 0.3) is 10.8 Å². The zero-order chi connectivity index (χ0) is 24.8. The molecule has 0 spiro atoms. The Balaban J connectivity index is 1.52. The minimum absolute atomic E-state index is 0.224. The Hall–Kier alpha value is -2.51. The van der Waals surface area contributed by atoms with E-state index in [9.17, 15) is 5.26 Å². The van der Waals surface area contributed by atoms with Gasteiger partial charge in [0.25, 0.3) is 0 Å². The largest absolute Gasteiger partial charge is 0.499 e. The normalized spacial score (nSPS) is 22.5. The lowest BCUT2D eigenvalue weighted by Crippen LogP contribution is -2.37. The van der Waals surface area contributed by atoms with Crippen molar-refractivity contribution in [3.63, 3.8) is 0 Å².